The molecule has 1 amide bonds. The van der Waals surface area contributed by atoms with E-state index in [2.05, 4.69) is 9.97 Å². The maximum Gasteiger partial charge on any atom is 0.303 e. The normalized spacial score (nSPS) is 16.8. The Labute approximate surface area is 105 Å². The van der Waals surface area contributed by atoms with Crippen LogP contribution in [0.2, 0.25) is 0 Å². The van der Waals surface area contributed by atoms with Crippen LogP contribution in [0.5, 0.6) is 0 Å². The van der Waals surface area contributed by atoms with Crippen LogP contribution in [-0.4, -0.2) is 44.9 Å². The zero-order chi connectivity index (χ0) is 13.0. The van der Waals surface area contributed by atoms with Gasteiger partial charge < -0.3 is 15.0 Å². The molecule has 1 fully saturated rings. The van der Waals surface area contributed by atoms with Crippen molar-refractivity contribution >= 4 is 11.9 Å². The van der Waals surface area contributed by atoms with Crippen LogP contribution < -0.4 is 0 Å². The molecule has 2 N–H and O–H groups in total. The van der Waals surface area contributed by atoms with Crippen molar-refractivity contribution in [2.45, 2.75) is 25.7 Å². The minimum atomic E-state index is -0.744. The molecule has 0 unspecified atom stereocenters. The molecule has 0 spiro atoms. The number of aliphatic carboxylic acids is 1. The van der Waals surface area contributed by atoms with Gasteiger partial charge in [-0.25, -0.2) is 4.98 Å². The number of aromatic amines is 1. The predicted molar refractivity (Wildman–Crippen MR) is 64.1 cm³/mol. The minimum Gasteiger partial charge on any atom is -0.481 e. The van der Waals surface area contributed by atoms with Gasteiger partial charge in [-0.2, -0.15) is 0 Å². The monoisotopic (exact) mass is 251 g/mol. The van der Waals surface area contributed by atoms with E-state index in [0.717, 1.165) is 12.8 Å². The fourth-order valence-electron chi connectivity index (χ4n) is 2.30. The Balaban J connectivity index is 1.80. The van der Waals surface area contributed by atoms with Crippen molar-refractivity contribution in [1.29, 1.82) is 0 Å². The lowest BCUT2D eigenvalue weighted by molar-refractivity contribution is -0.137. The van der Waals surface area contributed by atoms with E-state index in [0.29, 0.717) is 31.1 Å². The molecule has 6 nitrogen and oxygen atoms in total. The van der Waals surface area contributed by atoms with E-state index in [1.165, 1.54) is 12.5 Å². The van der Waals surface area contributed by atoms with Gasteiger partial charge in [-0.3, -0.25) is 9.59 Å². The summed E-state index contributed by atoms with van der Waals surface area (Å²) in [5.41, 5.74) is 0.513. The second-order valence-electron chi connectivity index (χ2n) is 4.63. The second kappa shape index (κ2) is 5.66. The maximum absolute atomic E-state index is 12.0. The Kier molecular flexibility index (Phi) is 3.96. The summed E-state index contributed by atoms with van der Waals surface area (Å²) in [6.45, 7) is 1.39. The highest BCUT2D eigenvalue weighted by atomic mass is 16.4. The number of likely N-dealkylation sites (tertiary alicyclic amines) is 1. The molecule has 1 aliphatic rings. The summed E-state index contributed by atoms with van der Waals surface area (Å²) in [5, 5.41) is 8.63. The van der Waals surface area contributed by atoms with Gasteiger partial charge in [-0.05, 0) is 25.2 Å². The zero-order valence-corrected chi connectivity index (χ0v) is 10.1. The molecule has 2 rings (SSSR count). The third-order valence-electron chi connectivity index (χ3n) is 3.40. The molecule has 2 heterocycles. The van der Waals surface area contributed by atoms with Crippen molar-refractivity contribution in [3.8, 4) is 0 Å². The Morgan fingerprint density at radius 2 is 2.17 bits per heavy atom. The van der Waals surface area contributed by atoms with Crippen molar-refractivity contribution in [3.05, 3.63) is 18.2 Å². The third-order valence-corrected chi connectivity index (χ3v) is 3.40. The lowest BCUT2D eigenvalue weighted by Crippen LogP contribution is -2.38. The van der Waals surface area contributed by atoms with Gasteiger partial charge in [0.25, 0.3) is 5.91 Å². The van der Waals surface area contributed by atoms with Crippen molar-refractivity contribution < 1.29 is 14.7 Å². The van der Waals surface area contributed by atoms with Crippen molar-refractivity contribution in [2.24, 2.45) is 5.92 Å². The summed E-state index contributed by atoms with van der Waals surface area (Å²) in [4.78, 5) is 30.9. The van der Waals surface area contributed by atoms with Gasteiger partial charge in [-0.15, -0.1) is 0 Å². The summed E-state index contributed by atoms with van der Waals surface area (Å²) < 4.78 is 0. The maximum atomic E-state index is 12.0. The number of imidazole rings is 1. The highest BCUT2D eigenvalue weighted by Gasteiger charge is 2.24. The van der Waals surface area contributed by atoms with E-state index in [4.69, 9.17) is 5.11 Å². The smallest absolute Gasteiger partial charge is 0.303 e. The van der Waals surface area contributed by atoms with E-state index in [9.17, 15) is 9.59 Å². The van der Waals surface area contributed by atoms with Crippen LogP contribution in [0.3, 0.4) is 0 Å². The fraction of sp³-hybridized carbons (Fsp3) is 0.583. The van der Waals surface area contributed by atoms with E-state index in [1.54, 1.807) is 4.90 Å². The fourth-order valence-corrected chi connectivity index (χ4v) is 2.30. The largest absolute Gasteiger partial charge is 0.481 e. The Hall–Kier alpha value is -1.85. The van der Waals surface area contributed by atoms with Crippen LogP contribution in [0, 0.1) is 5.92 Å². The molecule has 0 aromatic carbocycles. The molecular formula is C12H17N3O3. The topological polar surface area (TPSA) is 86.3 Å². The first-order valence-corrected chi connectivity index (χ1v) is 6.16. The average Bonchev–Trinajstić information content (AvgIpc) is 2.90. The Morgan fingerprint density at radius 3 is 2.72 bits per heavy atom. The number of hydrogen-bond donors (Lipinski definition) is 2. The zero-order valence-electron chi connectivity index (χ0n) is 10.1. The quantitative estimate of drug-likeness (QED) is 0.839. The minimum absolute atomic E-state index is 0.0239. The van der Waals surface area contributed by atoms with Crippen LogP contribution in [0.15, 0.2) is 12.5 Å². The van der Waals surface area contributed by atoms with Crippen molar-refractivity contribution in [3.63, 3.8) is 0 Å². The summed E-state index contributed by atoms with van der Waals surface area (Å²) in [6.07, 6.45) is 5.71. The molecule has 0 saturated carbocycles. The standard InChI is InChI=1S/C12H17N3O3/c16-11(17)2-1-9-3-5-15(6-4-9)12(18)10-7-13-8-14-10/h7-9H,1-6H2,(H,13,14)(H,16,17). The van der Waals surface area contributed by atoms with E-state index in [1.807, 2.05) is 0 Å². The first-order chi connectivity index (χ1) is 8.66. The van der Waals surface area contributed by atoms with Crippen LogP contribution in [0.25, 0.3) is 0 Å². The predicted octanol–water partition coefficient (Wildman–Crippen LogP) is 1.13. The highest BCUT2D eigenvalue weighted by Crippen LogP contribution is 2.22. The molecule has 1 aliphatic heterocycles. The van der Waals surface area contributed by atoms with Crippen LogP contribution in [0.1, 0.15) is 36.2 Å². The number of aromatic nitrogens is 2. The molecule has 0 bridgehead atoms. The molecule has 6 heteroatoms. The molecule has 18 heavy (non-hydrogen) atoms. The second-order valence-corrected chi connectivity index (χ2v) is 4.63. The number of H-pyrrole nitrogens is 1. The van der Waals surface area contributed by atoms with Crippen LogP contribution >= 0.6 is 0 Å². The van der Waals surface area contributed by atoms with Crippen LogP contribution in [0.4, 0.5) is 0 Å². The molecule has 0 radical (unpaired) electrons. The number of amides is 1. The van der Waals surface area contributed by atoms with Crippen LogP contribution in [-0.2, 0) is 4.79 Å². The summed E-state index contributed by atoms with van der Waals surface area (Å²) in [6, 6.07) is 0. The Bertz CT molecular complexity index is 408. The van der Waals surface area contributed by atoms with Crippen molar-refractivity contribution in [1.82, 2.24) is 14.9 Å². The molecule has 1 aromatic heterocycles. The van der Waals surface area contributed by atoms with Gasteiger partial charge in [0, 0.05) is 19.5 Å². The first-order valence-electron chi connectivity index (χ1n) is 6.16. The summed E-state index contributed by atoms with van der Waals surface area (Å²) in [7, 11) is 0. The van der Waals surface area contributed by atoms with Gasteiger partial charge in [0.15, 0.2) is 0 Å². The molecule has 0 atom stereocenters. The number of piperidine rings is 1. The number of carbonyl (C=O) groups is 2. The average molecular weight is 251 g/mol. The van der Waals surface area contributed by atoms with E-state index >= 15 is 0 Å². The molecule has 1 aromatic rings. The summed E-state index contributed by atoms with van der Waals surface area (Å²) >= 11 is 0. The number of hydrogen-bond acceptors (Lipinski definition) is 3. The third kappa shape index (κ3) is 3.09. The number of carbonyl (C=O) groups excluding carboxylic acids is 1. The number of nitrogens with zero attached hydrogens (tertiary/aromatic N) is 2. The van der Waals surface area contributed by atoms with E-state index in [-0.39, 0.29) is 12.3 Å². The van der Waals surface area contributed by atoms with Gasteiger partial charge >= 0.3 is 5.97 Å². The van der Waals surface area contributed by atoms with Gasteiger partial charge in [0.05, 0.1) is 12.5 Å². The molecule has 1 saturated heterocycles. The van der Waals surface area contributed by atoms with E-state index < -0.39 is 5.97 Å². The lowest BCUT2D eigenvalue weighted by Gasteiger charge is -2.31. The number of nitrogens with one attached hydrogen (secondary N) is 1. The summed E-state index contributed by atoms with van der Waals surface area (Å²) in [5.74, 6) is -0.345. The van der Waals surface area contributed by atoms with Gasteiger partial charge in [0.2, 0.25) is 0 Å². The molecular weight excluding hydrogens is 234 g/mol. The van der Waals surface area contributed by atoms with Crippen molar-refractivity contribution in [2.75, 3.05) is 13.1 Å². The number of carboxylic acids is 1. The van der Waals surface area contributed by atoms with Gasteiger partial charge in [0.1, 0.15) is 5.69 Å². The Morgan fingerprint density at radius 1 is 1.44 bits per heavy atom. The molecule has 0 aliphatic carbocycles. The number of rotatable bonds is 4. The first kappa shape index (κ1) is 12.6. The highest BCUT2D eigenvalue weighted by molar-refractivity contribution is 5.92. The SMILES string of the molecule is O=C(O)CCC1CCN(C(=O)c2cnc[nH]2)CC1. The molecule has 98 valence electrons. The van der Waals surface area contributed by atoms with Gasteiger partial charge in [-0.1, -0.05) is 0 Å². The number of carboxylic acid groups (broad SMARTS) is 1. The lowest BCUT2D eigenvalue weighted by atomic mass is 9.92.